The Balaban J connectivity index is 2.46. The molecule has 2 N–H and O–H groups in total. The average molecular weight is 411 g/mol. The van der Waals surface area contributed by atoms with Crippen LogP contribution in [0.5, 0.6) is 5.75 Å². The third-order valence-electron chi connectivity index (χ3n) is 5.47. The van der Waals surface area contributed by atoms with Crippen LogP contribution in [0.15, 0.2) is 48.5 Å². The average Bonchev–Trinajstić information content (AvgIpc) is 2.66. The van der Waals surface area contributed by atoms with E-state index in [-0.39, 0.29) is 5.92 Å². The van der Waals surface area contributed by atoms with Crippen LogP contribution in [0.25, 0.3) is 0 Å². The Hall–Kier alpha value is -2.17. The highest BCUT2D eigenvalue weighted by molar-refractivity contribution is 5.82. The number of nitrogens with zero attached hydrogens (tertiary/aromatic N) is 1. The predicted octanol–water partition coefficient (Wildman–Crippen LogP) is 5.28. The van der Waals surface area contributed by atoms with E-state index in [1.807, 2.05) is 18.2 Å². The molecule has 0 radical (unpaired) electrons. The van der Waals surface area contributed by atoms with Gasteiger partial charge in [0, 0.05) is 23.6 Å². The smallest absolute Gasteiger partial charge is 0.330 e. The van der Waals surface area contributed by atoms with E-state index in [0.29, 0.717) is 17.8 Å². The van der Waals surface area contributed by atoms with E-state index in [9.17, 15) is 4.79 Å². The van der Waals surface area contributed by atoms with Crippen molar-refractivity contribution in [2.24, 2.45) is 5.73 Å². The quantitative estimate of drug-likeness (QED) is 0.451. The van der Waals surface area contributed by atoms with Crippen molar-refractivity contribution in [1.29, 1.82) is 0 Å². The molecule has 1 atom stereocenters. The minimum absolute atomic E-state index is 0.120. The van der Waals surface area contributed by atoms with Crippen LogP contribution in [-0.2, 0) is 4.79 Å². The molecule has 0 bridgehead atoms. The molecule has 0 saturated heterocycles. The van der Waals surface area contributed by atoms with Gasteiger partial charge in [-0.25, -0.2) is 4.79 Å². The Labute approximate surface area is 182 Å². The Morgan fingerprint density at radius 2 is 1.63 bits per heavy atom. The fraction of sp³-hybridized carbons (Fsp3) is 0.500. The van der Waals surface area contributed by atoms with Gasteiger partial charge >= 0.3 is 5.97 Å². The van der Waals surface area contributed by atoms with Gasteiger partial charge in [-0.2, -0.15) is 0 Å². The molecule has 164 valence electrons. The summed E-state index contributed by atoms with van der Waals surface area (Å²) in [5.41, 5.74) is 8.33. The van der Waals surface area contributed by atoms with Gasteiger partial charge in [0.15, 0.2) is 0 Å². The second kappa shape index (κ2) is 10.2. The number of carbonyl (C=O) groups is 1. The number of hydrogen-bond donors (Lipinski definition) is 1. The van der Waals surface area contributed by atoms with E-state index in [2.05, 4.69) is 69.9 Å². The highest BCUT2D eigenvalue weighted by atomic mass is 16.5. The fourth-order valence-corrected chi connectivity index (χ4v) is 3.84. The summed E-state index contributed by atoms with van der Waals surface area (Å²) in [4.78, 5) is 15.0. The first kappa shape index (κ1) is 24.1. The molecule has 0 aliphatic heterocycles. The summed E-state index contributed by atoms with van der Waals surface area (Å²) in [6.07, 6.45) is 0.931. The van der Waals surface area contributed by atoms with Crippen molar-refractivity contribution in [3.63, 3.8) is 0 Å². The highest BCUT2D eigenvalue weighted by Gasteiger charge is 2.27. The summed E-state index contributed by atoms with van der Waals surface area (Å²) in [6, 6.07) is 17.4. The number of nitrogens with two attached hydrogens (primary N) is 1. The molecule has 0 amide bonds. The van der Waals surface area contributed by atoms with Crippen molar-refractivity contribution in [1.82, 2.24) is 4.90 Å². The van der Waals surface area contributed by atoms with E-state index in [0.717, 1.165) is 24.1 Å². The van der Waals surface area contributed by atoms with Crippen LogP contribution >= 0.6 is 0 Å². The standard InChI is InChI=1S/C26H38N2O2/c1-18(2)28(19(3)4)16-15-22(21-11-9-8-10-12-21)23-17-20(5)13-14-24(23)30-25(29)26(6,7)27/h8-14,17-19,22H,15-16,27H2,1-7H3. The summed E-state index contributed by atoms with van der Waals surface area (Å²) < 4.78 is 5.79. The van der Waals surface area contributed by atoms with E-state index in [1.54, 1.807) is 13.8 Å². The van der Waals surface area contributed by atoms with Crippen LogP contribution in [-0.4, -0.2) is 35.0 Å². The first-order chi connectivity index (χ1) is 14.0. The summed E-state index contributed by atoms with van der Waals surface area (Å²) in [7, 11) is 0. The van der Waals surface area contributed by atoms with Crippen LogP contribution in [0.4, 0.5) is 0 Å². The predicted molar refractivity (Wildman–Crippen MR) is 125 cm³/mol. The maximum Gasteiger partial charge on any atom is 0.330 e. The highest BCUT2D eigenvalue weighted by Crippen LogP contribution is 2.36. The molecule has 2 aromatic carbocycles. The van der Waals surface area contributed by atoms with Gasteiger partial charge in [-0.05, 0) is 73.1 Å². The zero-order valence-corrected chi connectivity index (χ0v) is 19.6. The molecular weight excluding hydrogens is 372 g/mol. The van der Waals surface area contributed by atoms with Crippen molar-refractivity contribution in [3.8, 4) is 5.75 Å². The van der Waals surface area contributed by atoms with Crippen LogP contribution in [0.1, 0.15) is 70.6 Å². The lowest BCUT2D eigenvalue weighted by atomic mass is 9.86. The molecule has 1 unspecified atom stereocenters. The molecule has 4 nitrogen and oxygen atoms in total. The van der Waals surface area contributed by atoms with Crippen molar-refractivity contribution in [2.45, 2.75) is 78.4 Å². The zero-order valence-electron chi connectivity index (χ0n) is 19.6. The van der Waals surface area contributed by atoms with Gasteiger partial charge in [-0.1, -0.05) is 48.0 Å². The monoisotopic (exact) mass is 410 g/mol. The maximum absolute atomic E-state index is 12.5. The normalized spacial score (nSPS) is 13.2. The molecule has 2 rings (SSSR count). The van der Waals surface area contributed by atoms with Crippen LogP contribution in [0, 0.1) is 6.92 Å². The van der Waals surface area contributed by atoms with Crippen molar-refractivity contribution in [3.05, 3.63) is 65.2 Å². The third kappa shape index (κ3) is 6.41. The number of benzene rings is 2. The first-order valence-corrected chi connectivity index (χ1v) is 10.9. The molecular formula is C26H38N2O2. The minimum Gasteiger partial charge on any atom is -0.425 e. The van der Waals surface area contributed by atoms with Crippen LogP contribution in [0.3, 0.4) is 0 Å². The minimum atomic E-state index is -1.05. The van der Waals surface area contributed by atoms with Crippen LogP contribution < -0.4 is 10.5 Å². The van der Waals surface area contributed by atoms with Gasteiger partial charge in [0.1, 0.15) is 11.3 Å². The Morgan fingerprint density at radius 3 is 2.17 bits per heavy atom. The van der Waals surface area contributed by atoms with E-state index in [4.69, 9.17) is 10.5 Å². The maximum atomic E-state index is 12.5. The molecule has 0 saturated carbocycles. The molecule has 4 heteroatoms. The molecule has 0 aliphatic rings. The second-order valence-corrected chi connectivity index (χ2v) is 9.33. The Morgan fingerprint density at radius 1 is 1.03 bits per heavy atom. The zero-order chi connectivity index (χ0) is 22.5. The molecule has 0 aliphatic carbocycles. The van der Waals surface area contributed by atoms with E-state index in [1.165, 1.54) is 5.56 Å². The third-order valence-corrected chi connectivity index (χ3v) is 5.47. The second-order valence-electron chi connectivity index (χ2n) is 9.33. The summed E-state index contributed by atoms with van der Waals surface area (Å²) in [6.45, 7) is 15.3. The number of aryl methyl sites for hydroxylation is 1. The largest absolute Gasteiger partial charge is 0.425 e. The molecule has 2 aromatic rings. The van der Waals surface area contributed by atoms with E-state index < -0.39 is 11.5 Å². The Kier molecular flexibility index (Phi) is 8.22. The lowest BCUT2D eigenvalue weighted by molar-refractivity contribution is -0.139. The lowest BCUT2D eigenvalue weighted by Crippen LogP contribution is -2.44. The molecule has 0 aromatic heterocycles. The van der Waals surface area contributed by atoms with Gasteiger partial charge in [-0.15, -0.1) is 0 Å². The Bertz CT molecular complexity index is 815. The van der Waals surface area contributed by atoms with Gasteiger partial charge in [0.25, 0.3) is 0 Å². The molecule has 0 heterocycles. The number of ether oxygens (including phenoxy) is 1. The number of esters is 1. The van der Waals surface area contributed by atoms with Gasteiger partial charge < -0.3 is 10.5 Å². The van der Waals surface area contributed by atoms with Gasteiger partial charge in [-0.3, -0.25) is 4.90 Å². The van der Waals surface area contributed by atoms with Crippen molar-refractivity contribution < 1.29 is 9.53 Å². The van der Waals surface area contributed by atoms with Gasteiger partial charge in [0.2, 0.25) is 0 Å². The lowest BCUT2D eigenvalue weighted by Gasteiger charge is -2.32. The topological polar surface area (TPSA) is 55.6 Å². The summed E-state index contributed by atoms with van der Waals surface area (Å²) in [5, 5.41) is 0. The van der Waals surface area contributed by atoms with Crippen LogP contribution in [0.2, 0.25) is 0 Å². The molecule has 0 fully saturated rings. The number of hydrogen-bond acceptors (Lipinski definition) is 4. The SMILES string of the molecule is Cc1ccc(OC(=O)C(C)(C)N)c(C(CCN(C(C)C)C(C)C)c2ccccc2)c1. The summed E-state index contributed by atoms with van der Waals surface area (Å²) >= 11 is 0. The van der Waals surface area contributed by atoms with Crippen molar-refractivity contribution in [2.75, 3.05) is 6.54 Å². The fourth-order valence-electron chi connectivity index (χ4n) is 3.84. The number of carbonyl (C=O) groups excluding carboxylic acids is 1. The first-order valence-electron chi connectivity index (χ1n) is 10.9. The number of rotatable bonds is 9. The van der Waals surface area contributed by atoms with Crippen molar-refractivity contribution >= 4 is 5.97 Å². The van der Waals surface area contributed by atoms with E-state index >= 15 is 0 Å². The summed E-state index contributed by atoms with van der Waals surface area (Å²) in [5.74, 6) is 0.291. The van der Waals surface area contributed by atoms with Gasteiger partial charge in [0.05, 0.1) is 0 Å². The molecule has 0 spiro atoms. The molecule has 30 heavy (non-hydrogen) atoms.